The van der Waals surface area contributed by atoms with Gasteiger partial charge in [-0.25, -0.2) is 0 Å². The molecule has 7 nitrogen and oxygen atoms in total. The van der Waals surface area contributed by atoms with Crippen LogP contribution in [-0.4, -0.2) is 71.1 Å². The Morgan fingerprint density at radius 3 is 2.62 bits per heavy atom. The summed E-state index contributed by atoms with van der Waals surface area (Å²) in [6.07, 6.45) is 1.03. The van der Waals surface area contributed by atoms with Gasteiger partial charge in [0.05, 0.1) is 0 Å². The predicted molar refractivity (Wildman–Crippen MR) is 140 cm³/mol. The first-order chi connectivity index (χ1) is 16.5. The van der Waals surface area contributed by atoms with Crippen LogP contribution < -0.4 is 13.6 Å². The molecule has 2 aromatic rings. The maximum atomic E-state index is 13.3. The number of carbonyl (C=O) groups is 2. The Bertz CT molecular complexity index is 1060. The van der Waals surface area contributed by atoms with Gasteiger partial charge in [0.2, 0.25) is 0 Å². The van der Waals surface area contributed by atoms with Crippen LogP contribution in [0, 0.1) is 0 Å². The summed E-state index contributed by atoms with van der Waals surface area (Å²) in [5.41, 5.74) is 3.01. The van der Waals surface area contributed by atoms with Crippen molar-refractivity contribution in [3.63, 3.8) is 0 Å². The van der Waals surface area contributed by atoms with Gasteiger partial charge in [0.25, 0.3) is 0 Å². The van der Waals surface area contributed by atoms with E-state index in [1.54, 1.807) is 13.1 Å². The van der Waals surface area contributed by atoms with Crippen molar-refractivity contribution in [3.8, 4) is 5.75 Å². The second-order valence-electron chi connectivity index (χ2n) is 9.05. The Labute approximate surface area is 208 Å². The van der Waals surface area contributed by atoms with E-state index in [4.69, 9.17) is 9.47 Å². The van der Waals surface area contributed by atoms with Crippen LogP contribution in [0.1, 0.15) is 51.1 Å². The normalized spacial score (nSPS) is 24.8. The number of carbonyl (C=O) groups excluding carboxylic acids is 2. The molecule has 182 valence electrons. The van der Waals surface area contributed by atoms with Crippen LogP contribution in [0.25, 0.3) is 0 Å². The molecule has 0 spiro atoms. The molecule has 5 rings (SSSR count). The number of rotatable bonds is 7. The molecule has 0 aromatic heterocycles. The summed E-state index contributed by atoms with van der Waals surface area (Å²) in [5.74, 6) is 0.276. The van der Waals surface area contributed by atoms with E-state index in [-0.39, 0.29) is 23.8 Å². The van der Waals surface area contributed by atoms with E-state index < -0.39 is 20.1 Å². The first kappa shape index (κ1) is 23.6. The molecular weight excluding hydrogens is 545 g/mol. The van der Waals surface area contributed by atoms with Gasteiger partial charge in [-0.05, 0) is 0 Å². The molecule has 8 heteroatoms. The average Bonchev–Trinajstić information content (AvgIpc) is 3.52. The number of halogens is 1. The zero-order valence-corrected chi connectivity index (χ0v) is 21.8. The number of amides is 2. The SMILES string of the molecule is CNC(=O)c1cc(C(=O)NI2C[C@H]2CCN2CCOCC2)cc2c1O[C@H](C)[C@H]2c1ccccc1. The van der Waals surface area contributed by atoms with Gasteiger partial charge in [-0.3, -0.25) is 0 Å². The molecule has 2 N–H and O–H groups in total. The molecule has 0 aliphatic carbocycles. The average molecular weight is 577 g/mol. The second-order valence-corrected chi connectivity index (χ2v) is 14.5. The fraction of sp³-hybridized carbons (Fsp3) is 0.462. The van der Waals surface area contributed by atoms with Gasteiger partial charge in [-0.2, -0.15) is 0 Å². The number of fused-ring (bicyclic) bond motifs is 1. The third-order valence-electron chi connectivity index (χ3n) is 6.79. The summed E-state index contributed by atoms with van der Waals surface area (Å²) < 4.78 is 16.8. The summed E-state index contributed by atoms with van der Waals surface area (Å²) in [7, 11) is 1.60. The van der Waals surface area contributed by atoms with Crippen LogP contribution in [0.5, 0.6) is 5.75 Å². The first-order valence-corrected chi connectivity index (χ1v) is 15.8. The molecule has 0 unspecified atom stereocenters. The van der Waals surface area contributed by atoms with E-state index in [2.05, 4.69) is 25.9 Å². The Morgan fingerprint density at radius 2 is 1.88 bits per heavy atom. The van der Waals surface area contributed by atoms with E-state index in [0.29, 0.717) is 20.8 Å². The molecule has 34 heavy (non-hydrogen) atoms. The van der Waals surface area contributed by atoms with Crippen LogP contribution >= 0.6 is 20.1 Å². The zero-order valence-electron chi connectivity index (χ0n) is 19.7. The van der Waals surface area contributed by atoms with Crippen LogP contribution in [0.2, 0.25) is 0 Å². The molecule has 3 aliphatic rings. The number of hydrogen-bond acceptors (Lipinski definition) is 5. The number of nitrogens with one attached hydrogen (secondary N) is 2. The second kappa shape index (κ2) is 10.2. The summed E-state index contributed by atoms with van der Waals surface area (Å²) >= 11 is -1.47. The Kier molecular flexibility index (Phi) is 7.08. The molecule has 0 radical (unpaired) electrons. The molecule has 2 fully saturated rings. The van der Waals surface area contributed by atoms with Gasteiger partial charge in [0.15, 0.2) is 0 Å². The summed E-state index contributed by atoms with van der Waals surface area (Å²) in [4.78, 5) is 28.4. The van der Waals surface area contributed by atoms with Crippen LogP contribution in [0.15, 0.2) is 42.5 Å². The van der Waals surface area contributed by atoms with Crippen LogP contribution in [0.3, 0.4) is 0 Å². The zero-order chi connectivity index (χ0) is 23.7. The van der Waals surface area contributed by atoms with E-state index in [0.717, 1.165) is 50.4 Å². The fourth-order valence-corrected chi connectivity index (χ4v) is 9.88. The number of ether oxygens (including phenoxy) is 2. The van der Waals surface area contributed by atoms with Crippen molar-refractivity contribution in [2.45, 2.75) is 29.3 Å². The third kappa shape index (κ3) is 4.94. The monoisotopic (exact) mass is 577 g/mol. The van der Waals surface area contributed by atoms with Gasteiger partial charge in [-0.15, -0.1) is 0 Å². The number of benzene rings is 2. The van der Waals surface area contributed by atoms with Crippen LogP contribution in [-0.2, 0) is 4.74 Å². The van der Waals surface area contributed by atoms with E-state index >= 15 is 0 Å². The topological polar surface area (TPSA) is 79.9 Å². The van der Waals surface area contributed by atoms with Crippen molar-refractivity contribution in [2.75, 3.05) is 44.3 Å². The van der Waals surface area contributed by atoms with Crippen molar-refractivity contribution >= 4 is 31.9 Å². The molecule has 0 bridgehead atoms. The van der Waals surface area contributed by atoms with Crippen molar-refractivity contribution in [3.05, 3.63) is 64.7 Å². The van der Waals surface area contributed by atoms with Gasteiger partial charge in [-0.1, -0.05) is 0 Å². The first-order valence-electron chi connectivity index (χ1n) is 11.9. The molecule has 2 saturated heterocycles. The molecule has 3 heterocycles. The van der Waals surface area contributed by atoms with Gasteiger partial charge in [0.1, 0.15) is 0 Å². The van der Waals surface area contributed by atoms with Crippen molar-refractivity contribution in [1.82, 2.24) is 13.7 Å². The standard InChI is InChI=1S/C26H32IN3O4/c1-17-23(18-6-4-3-5-7-18)21-14-19(15-22(24(21)34-17)26(32)28-2)25(31)29-27-16-20(27)8-9-30-10-12-33-13-11-30/h3-7,14-15,17,20,23H,8-13,16H2,1-2H3,(H,28,32)(H,29,31)/t17-,20-,23+/m1/s1. The number of morpholine rings is 1. The molecule has 3 aliphatic heterocycles. The minimum atomic E-state index is -1.47. The fourth-order valence-electron chi connectivity index (χ4n) is 4.85. The molecule has 2 aromatic carbocycles. The van der Waals surface area contributed by atoms with Crippen molar-refractivity contribution < 1.29 is 19.1 Å². The number of alkyl halides is 2. The summed E-state index contributed by atoms with van der Waals surface area (Å²) in [6, 6.07) is 13.8. The third-order valence-corrected chi connectivity index (χ3v) is 12.0. The number of hydrogen-bond donors (Lipinski definition) is 2. The molecule has 0 saturated carbocycles. The molecular formula is C26H32IN3O4. The minimum absolute atomic E-state index is 0.0200. The summed E-state index contributed by atoms with van der Waals surface area (Å²) in [5, 5.41) is 2.70. The van der Waals surface area contributed by atoms with E-state index in [1.807, 2.05) is 31.2 Å². The Hall–Kier alpha value is -2.17. The molecule has 3 atom stereocenters. The predicted octanol–water partition coefficient (Wildman–Crippen LogP) is 3.21. The quantitative estimate of drug-likeness (QED) is 0.300. The van der Waals surface area contributed by atoms with E-state index in [9.17, 15) is 9.59 Å². The Balaban J connectivity index is 1.32. The summed E-state index contributed by atoms with van der Waals surface area (Å²) in [6.45, 7) is 6.76. The van der Waals surface area contributed by atoms with Crippen molar-refractivity contribution in [2.24, 2.45) is 0 Å². The molecule has 2 amide bonds. The van der Waals surface area contributed by atoms with Crippen molar-refractivity contribution in [1.29, 1.82) is 0 Å². The van der Waals surface area contributed by atoms with Gasteiger partial charge < -0.3 is 0 Å². The van der Waals surface area contributed by atoms with Gasteiger partial charge in [0, 0.05) is 0 Å². The van der Waals surface area contributed by atoms with E-state index in [1.165, 1.54) is 4.43 Å². The number of nitrogens with zero attached hydrogens (tertiary/aromatic N) is 1. The van der Waals surface area contributed by atoms with Gasteiger partial charge >= 0.3 is 209 Å². The Morgan fingerprint density at radius 1 is 1.12 bits per heavy atom. The maximum absolute atomic E-state index is 13.3. The van der Waals surface area contributed by atoms with Crippen LogP contribution in [0.4, 0.5) is 0 Å².